The number of benzene rings is 1. The molecule has 21 heavy (non-hydrogen) atoms. The number of rotatable bonds is 7. The standard InChI is InChI=1S/C14H23N3O3S/c1-4-17-21(19,20)13-7-5-12(6-8-13)9-16-14(18)10(2)11(3)15/h5-8,10-11,17H,4,9,15H2,1-3H3,(H,16,18). The Morgan fingerprint density at radius 1 is 1.24 bits per heavy atom. The first-order valence-electron chi connectivity index (χ1n) is 6.89. The lowest BCUT2D eigenvalue weighted by atomic mass is 10.0. The van der Waals surface area contributed by atoms with E-state index in [1.54, 1.807) is 32.9 Å². The van der Waals surface area contributed by atoms with Crippen LogP contribution in [0.15, 0.2) is 29.2 Å². The van der Waals surface area contributed by atoms with Crippen LogP contribution < -0.4 is 15.8 Å². The van der Waals surface area contributed by atoms with Gasteiger partial charge in [-0.05, 0) is 24.6 Å². The van der Waals surface area contributed by atoms with E-state index < -0.39 is 10.0 Å². The molecule has 0 saturated carbocycles. The van der Waals surface area contributed by atoms with Crippen LogP contribution in [0.2, 0.25) is 0 Å². The van der Waals surface area contributed by atoms with E-state index in [4.69, 9.17) is 5.73 Å². The summed E-state index contributed by atoms with van der Waals surface area (Å²) < 4.78 is 26.0. The van der Waals surface area contributed by atoms with Crippen LogP contribution in [0.1, 0.15) is 26.3 Å². The Hall–Kier alpha value is -1.44. The molecular formula is C14H23N3O3S. The average Bonchev–Trinajstić information content (AvgIpc) is 2.44. The van der Waals surface area contributed by atoms with Crippen LogP contribution >= 0.6 is 0 Å². The third kappa shape index (κ3) is 5.11. The van der Waals surface area contributed by atoms with Crippen molar-refractivity contribution in [3.8, 4) is 0 Å². The maximum absolute atomic E-state index is 11.8. The normalized spacial score (nSPS) is 14.5. The van der Waals surface area contributed by atoms with Crippen molar-refractivity contribution in [2.45, 2.75) is 38.3 Å². The summed E-state index contributed by atoms with van der Waals surface area (Å²) in [5.41, 5.74) is 6.50. The number of carbonyl (C=O) groups excluding carboxylic acids is 1. The van der Waals surface area contributed by atoms with Crippen LogP contribution in [0.3, 0.4) is 0 Å². The van der Waals surface area contributed by atoms with Gasteiger partial charge in [-0.1, -0.05) is 26.0 Å². The summed E-state index contributed by atoms with van der Waals surface area (Å²) in [6.45, 7) is 5.96. The summed E-state index contributed by atoms with van der Waals surface area (Å²) in [6.07, 6.45) is 0. The molecule has 0 saturated heterocycles. The molecule has 0 fully saturated rings. The third-order valence-corrected chi connectivity index (χ3v) is 4.80. The Kier molecular flexibility index (Phi) is 6.32. The zero-order valence-corrected chi connectivity index (χ0v) is 13.4. The molecule has 6 nitrogen and oxygen atoms in total. The summed E-state index contributed by atoms with van der Waals surface area (Å²) in [6, 6.07) is 6.20. The number of hydrogen-bond donors (Lipinski definition) is 3. The van der Waals surface area contributed by atoms with E-state index in [0.29, 0.717) is 13.1 Å². The van der Waals surface area contributed by atoms with Crippen LogP contribution in [-0.2, 0) is 21.4 Å². The van der Waals surface area contributed by atoms with E-state index in [2.05, 4.69) is 10.0 Å². The first-order chi connectivity index (χ1) is 9.77. The molecule has 1 aromatic rings. The number of hydrogen-bond acceptors (Lipinski definition) is 4. The Morgan fingerprint density at radius 3 is 2.29 bits per heavy atom. The average molecular weight is 313 g/mol. The fourth-order valence-electron chi connectivity index (χ4n) is 1.65. The molecule has 0 aliphatic carbocycles. The lowest BCUT2D eigenvalue weighted by molar-refractivity contribution is -0.125. The minimum atomic E-state index is -3.44. The highest BCUT2D eigenvalue weighted by Crippen LogP contribution is 2.10. The number of nitrogens with one attached hydrogen (secondary N) is 2. The molecular weight excluding hydrogens is 290 g/mol. The van der Waals surface area contributed by atoms with Crippen molar-refractivity contribution in [3.63, 3.8) is 0 Å². The van der Waals surface area contributed by atoms with Crippen molar-refractivity contribution in [3.05, 3.63) is 29.8 Å². The molecule has 0 radical (unpaired) electrons. The van der Waals surface area contributed by atoms with Crippen molar-refractivity contribution >= 4 is 15.9 Å². The van der Waals surface area contributed by atoms with Gasteiger partial charge in [0.1, 0.15) is 0 Å². The number of nitrogens with two attached hydrogens (primary N) is 1. The van der Waals surface area contributed by atoms with Crippen molar-refractivity contribution in [1.82, 2.24) is 10.0 Å². The number of carbonyl (C=O) groups is 1. The molecule has 0 aromatic heterocycles. The second kappa shape index (κ2) is 7.53. The van der Waals surface area contributed by atoms with Gasteiger partial charge in [-0.2, -0.15) is 0 Å². The van der Waals surface area contributed by atoms with E-state index >= 15 is 0 Å². The van der Waals surface area contributed by atoms with Crippen LogP contribution in [0.25, 0.3) is 0 Å². The van der Waals surface area contributed by atoms with Gasteiger partial charge in [0.2, 0.25) is 15.9 Å². The van der Waals surface area contributed by atoms with E-state index in [1.807, 2.05) is 0 Å². The molecule has 1 amide bonds. The van der Waals surface area contributed by atoms with Gasteiger partial charge in [-0.25, -0.2) is 13.1 Å². The quantitative estimate of drug-likeness (QED) is 0.685. The molecule has 0 spiro atoms. The summed E-state index contributed by atoms with van der Waals surface area (Å²) in [5.74, 6) is -0.382. The predicted molar refractivity (Wildman–Crippen MR) is 82.0 cm³/mol. The van der Waals surface area contributed by atoms with Gasteiger partial charge in [0.05, 0.1) is 4.90 Å². The SMILES string of the molecule is CCNS(=O)(=O)c1ccc(CNC(=O)C(C)C(C)N)cc1. The fourth-order valence-corrected chi connectivity index (χ4v) is 2.69. The van der Waals surface area contributed by atoms with Gasteiger partial charge in [0, 0.05) is 25.0 Å². The zero-order valence-electron chi connectivity index (χ0n) is 12.6. The molecule has 0 bridgehead atoms. The smallest absolute Gasteiger partial charge is 0.240 e. The summed E-state index contributed by atoms with van der Waals surface area (Å²) in [5, 5.41) is 2.78. The minimum Gasteiger partial charge on any atom is -0.352 e. The molecule has 118 valence electrons. The van der Waals surface area contributed by atoms with Crippen LogP contribution in [0, 0.1) is 5.92 Å². The van der Waals surface area contributed by atoms with Gasteiger partial charge in [0.15, 0.2) is 0 Å². The van der Waals surface area contributed by atoms with Crippen molar-refractivity contribution in [2.24, 2.45) is 11.7 Å². The first kappa shape index (κ1) is 17.6. The summed E-state index contributed by atoms with van der Waals surface area (Å²) >= 11 is 0. The van der Waals surface area contributed by atoms with Crippen molar-refractivity contribution in [2.75, 3.05) is 6.54 Å². The van der Waals surface area contributed by atoms with E-state index in [-0.39, 0.29) is 22.8 Å². The maximum atomic E-state index is 11.8. The number of sulfonamides is 1. The maximum Gasteiger partial charge on any atom is 0.240 e. The molecule has 1 aromatic carbocycles. The van der Waals surface area contributed by atoms with Gasteiger partial charge >= 0.3 is 0 Å². The Bertz CT molecular complexity index is 568. The molecule has 0 aliphatic heterocycles. The van der Waals surface area contributed by atoms with Gasteiger partial charge in [-0.15, -0.1) is 0 Å². The Labute approximate surface area is 126 Å². The van der Waals surface area contributed by atoms with Crippen LogP contribution in [0.5, 0.6) is 0 Å². The van der Waals surface area contributed by atoms with E-state index in [9.17, 15) is 13.2 Å². The number of amides is 1. The van der Waals surface area contributed by atoms with Crippen LogP contribution in [-0.4, -0.2) is 26.9 Å². The molecule has 0 aliphatic rings. The zero-order chi connectivity index (χ0) is 16.0. The van der Waals surface area contributed by atoms with Gasteiger partial charge in [-0.3, -0.25) is 4.79 Å². The lowest BCUT2D eigenvalue weighted by Gasteiger charge is -2.15. The highest BCUT2D eigenvalue weighted by Gasteiger charge is 2.16. The molecule has 1 rings (SSSR count). The molecule has 7 heteroatoms. The third-order valence-electron chi connectivity index (χ3n) is 3.24. The monoisotopic (exact) mass is 313 g/mol. The molecule has 2 atom stereocenters. The van der Waals surface area contributed by atoms with Crippen molar-refractivity contribution in [1.29, 1.82) is 0 Å². The summed E-state index contributed by atoms with van der Waals surface area (Å²) in [7, 11) is -3.44. The first-order valence-corrected chi connectivity index (χ1v) is 8.38. The second-order valence-electron chi connectivity index (χ2n) is 5.01. The molecule has 2 unspecified atom stereocenters. The van der Waals surface area contributed by atoms with Gasteiger partial charge < -0.3 is 11.1 Å². The highest BCUT2D eigenvalue weighted by molar-refractivity contribution is 7.89. The summed E-state index contributed by atoms with van der Waals surface area (Å²) in [4.78, 5) is 12.0. The van der Waals surface area contributed by atoms with E-state index in [0.717, 1.165) is 5.56 Å². The van der Waals surface area contributed by atoms with Crippen LogP contribution in [0.4, 0.5) is 0 Å². The topological polar surface area (TPSA) is 101 Å². The van der Waals surface area contributed by atoms with Crippen molar-refractivity contribution < 1.29 is 13.2 Å². The molecule has 0 heterocycles. The molecule has 4 N–H and O–H groups in total. The predicted octanol–water partition coefficient (Wildman–Crippen LogP) is 0.584. The van der Waals surface area contributed by atoms with Gasteiger partial charge in [0.25, 0.3) is 0 Å². The highest BCUT2D eigenvalue weighted by atomic mass is 32.2. The van der Waals surface area contributed by atoms with E-state index in [1.165, 1.54) is 12.1 Å². The largest absolute Gasteiger partial charge is 0.352 e. The fraction of sp³-hybridized carbons (Fsp3) is 0.500. The second-order valence-corrected chi connectivity index (χ2v) is 6.78. The Balaban J connectivity index is 2.66. The minimum absolute atomic E-state index is 0.116. The lowest BCUT2D eigenvalue weighted by Crippen LogP contribution is -2.38. The Morgan fingerprint density at radius 2 is 1.81 bits per heavy atom.